The summed E-state index contributed by atoms with van der Waals surface area (Å²) in [6.07, 6.45) is 0.817. The van der Waals surface area contributed by atoms with Gasteiger partial charge in [-0.3, -0.25) is 14.4 Å². The smallest absolute Gasteiger partial charge is 0.308 e. The summed E-state index contributed by atoms with van der Waals surface area (Å²) in [6.45, 7) is 5.23. The van der Waals surface area contributed by atoms with Gasteiger partial charge in [0.2, 0.25) is 0 Å². The second kappa shape index (κ2) is 9.61. The average Bonchev–Trinajstić information content (AvgIpc) is 2.53. The van der Waals surface area contributed by atoms with Crippen LogP contribution in [0, 0.1) is 0 Å². The second-order valence-corrected chi connectivity index (χ2v) is 5.48. The molecule has 6 heteroatoms. The minimum atomic E-state index is -0.523. The predicted molar refractivity (Wildman–Crippen MR) is 86.8 cm³/mol. The van der Waals surface area contributed by atoms with Gasteiger partial charge in [0.15, 0.2) is 6.61 Å². The van der Waals surface area contributed by atoms with Crippen molar-refractivity contribution in [2.75, 3.05) is 6.61 Å². The van der Waals surface area contributed by atoms with Crippen molar-refractivity contribution in [3.05, 3.63) is 35.9 Å². The van der Waals surface area contributed by atoms with E-state index in [0.29, 0.717) is 5.56 Å². The lowest BCUT2D eigenvalue weighted by Crippen LogP contribution is -2.37. The molecule has 0 aliphatic rings. The van der Waals surface area contributed by atoms with Gasteiger partial charge in [-0.1, -0.05) is 25.1 Å². The van der Waals surface area contributed by atoms with E-state index < -0.39 is 5.97 Å². The number of benzene rings is 1. The first kappa shape index (κ1) is 18.7. The Morgan fingerprint density at radius 1 is 1.04 bits per heavy atom. The van der Waals surface area contributed by atoms with Crippen molar-refractivity contribution in [1.82, 2.24) is 10.6 Å². The van der Waals surface area contributed by atoms with Crippen LogP contribution >= 0.6 is 0 Å². The summed E-state index contributed by atoms with van der Waals surface area (Å²) in [6, 6.07) is 8.41. The Morgan fingerprint density at radius 2 is 1.70 bits per heavy atom. The molecule has 0 bridgehead atoms. The third-order valence-electron chi connectivity index (χ3n) is 3.27. The fourth-order valence-electron chi connectivity index (χ4n) is 1.82. The molecule has 0 aliphatic heterocycles. The van der Waals surface area contributed by atoms with Crippen LogP contribution in [0.5, 0.6) is 0 Å². The Kier molecular flexibility index (Phi) is 7.80. The molecule has 126 valence electrons. The van der Waals surface area contributed by atoms with Crippen LogP contribution in [0.1, 0.15) is 44.0 Å². The molecular weight excluding hydrogens is 296 g/mol. The number of hydrogen-bond donors (Lipinski definition) is 2. The third kappa shape index (κ3) is 7.44. The molecule has 0 spiro atoms. The predicted octanol–water partition coefficient (Wildman–Crippen LogP) is 1.65. The van der Waals surface area contributed by atoms with Crippen LogP contribution in [0.4, 0.5) is 0 Å². The van der Waals surface area contributed by atoms with Crippen molar-refractivity contribution in [3.63, 3.8) is 0 Å². The fraction of sp³-hybridized carbons (Fsp3) is 0.471. The molecule has 2 N–H and O–H groups in total. The van der Waals surface area contributed by atoms with Crippen molar-refractivity contribution in [2.24, 2.45) is 0 Å². The van der Waals surface area contributed by atoms with Gasteiger partial charge in [0.05, 0.1) is 6.42 Å². The van der Waals surface area contributed by atoms with E-state index in [9.17, 15) is 14.4 Å². The number of carbonyl (C=O) groups excluding carboxylic acids is 3. The summed E-state index contributed by atoms with van der Waals surface area (Å²) in [7, 11) is 0. The molecule has 2 atom stereocenters. The van der Waals surface area contributed by atoms with E-state index in [-0.39, 0.29) is 36.9 Å². The average molecular weight is 320 g/mol. The number of carbonyl (C=O) groups is 3. The lowest BCUT2D eigenvalue weighted by atomic mass is 10.2. The summed E-state index contributed by atoms with van der Waals surface area (Å²) in [4.78, 5) is 35.1. The van der Waals surface area contributed by atoms with E-state index in [4.69, 9.17) is 4.74 Å². The van der Waals surface area contributed by atoms with Gasteiger partial charge in [-0.25, -0.2) is 0 Å². The summed E-state index contributed by atoms with van der Waals surface area (Å²) in [5.41, 5.74) is 0.528. The van der Waals surface area contributed by atoms with E-state index in [1.807, 2.05) is 19.9 Å². The minimum Gasteiger partial charge on any atom is -0.456 e. The highest BCUT2D eigenvalue weighted by atomic mass is 16.5. The molecule has 2 unspecified atom stereocenters. The van der Waals surface area contributed by atoms with Crippen molar-refractivity contribution < 1.29 is 19.1 Å². The Morgan fingerprint density at radius 3 is 2.30 bits per heavy atom. The van der Waals surface area contributed by atoms with Gasteiger partial charge in [-0.15, -0.1) is 0 Å². The Hall–Kier alpha value is -2.37. The van der Waals surface area contributed by atoms with E-state index in [0.717, 1.165) is 6.42 Å². The highest BCUT2D eigenvalue weighted by Crippen LogP contribution is 2.01. The first-order valence-electron chi connectivity index (χ1n) is 7.73. The molecule has 0 saturated carbocycles. The lowest BCUT2D eigenvalue weighted by Gasteiger charge is -2.14. The topological polar surface area (TPSA) is 84.5 Å². The molecule has 2 amide bonds. The van der Waals surface area contributed by atoms with E-state index in [1.165, 1.54) is 0 Å². The Bertz CT molecular complexity index is 531. The Labute approximate surface area is 136 Å². The van der Waals surface area contributed by atoms with Gasteiger partial charge >= 0.3 is 5.97 Å². The summed E-state index contributed by atoms with van der Waals surface area (Å²) < 4.78 is 4.90. The standard InChI is InChI=1S/C17H24N2O4/c1-4-12(2)18-15(20)11-23-16(21)10-13(3)19-17(22)14-8-6-5-7-9-14/h5-9,12-13H,4,10-11H2,1-3H3,(H,18,20)(H,19,22). The molecule has 1 aromatic carbocycles. The molecule has 0 heterocycles. The largest absolute Gasteiger partial charge is 0.456 e. The van der Waals surface area contributed by atoms with Gasteiger partial charge in [0.25, 0.3) is 11.8 Å². The van der Waals surface area contributed by atoms with Gasteiger partial charge in [0, 0.05) is 17.6 Å². The van der Waals surface area contributed by atoms with Crippen molar-refractivity contribution in [1.29, 1.82) is 0 Å². The van der Waals surface area contributed by atoms with Crippen LogP contribution in [0.15, 0.2) is 30.3 Å². The van der Waals surface area contributed by atoms with Crippen LogP contribution in [0.3, 0.4) is 0 Å². The number of esters is 1. The lowest BCUT2D eigenvalue weighted by molar-refractivity contribution is -0.149. The SMILES string of the molecule is CCC(C)NC(=O)COC(=O)CC(C)NC(=O)c1ccccc1. The maximum absolute atomic E-state index is 11.9. The highest BCUT2D eigenvalue weighted by Gasteiger charge is 2.15. The molecule has 0 aliphatic carbocycles. The number of amides is 2. The zero-order valence-corrected chi connectivity index (χ0v) is 13.8. The fourth-order valence-corrected chi connectivity index (χ4v) is 1.82. The van der Waals surface area contributed by atoms with E-state index >= 15 is 0 Å². The number of hydrogen-bond acceptors (Lipinski definition) is 4. The summed E-state index contributed by atoms with van der Waals surface area (Å²) in [5, 5.41) is 5.42. The quantitative estimate of drug-likeness (QED) is 0.713. The minimum absolute atomic E-state index is 0.00911. The summed E-state index contributed by atoms with van der Waals surface area (Å²) >= 11 is 0. The van der Waals surface area contributed by atoms with Crippen molar-refractivity contribution in [3.8, 4) is 0 Å². The maximum atomic E-state index is 11.9. The first-order valence-corrected chi connectivity index (χ1v) is 7.73. The molecule has 0 fully saturated rings. The summed E-state index contributed by atoms with van der Waals surface area (Å²) in [5.74, 6) is -1.10. The van der Waals surface area contributed by atoms with Crippen molar-refractivity contribution >= 4 is 17.8 Å². The molecule has 23 heavy (non-hydrogen) atoms. The normalized spacial score (nSPS) is 12.8. The number of ether oxygens (including phenoxy) is 1. The third-order valence-corrected chi connectivity index (χ3v) is 3.27. The van der Waals surface area contributed by atoms with Crippen LogP contribution < -0.4 is 10.6 Å². The molecule has 0 radical (unpaired) electrons. The van der Waals surface area contributed by atoms with Gasteiger partial charge in [-0.05, 0) is 32.4 Å². The molecule has 0 saturated heterocycles. The zero-order valence-electron chi connectivity index (χ0n) is 13.8. The molecule has 0 aromatic heterocycles. The first-order chi connectivity index (χ1) is 10.9. The number of rotatable bonds is 8. The van der Waals surface area contributed by atoms with Gasteiger partial charge in [0.1, 0.15) is 0 Å². The van der Waals surface area contributed by atoms with Crippen molar-refractivity contribution in [2.45, 2.75) is 45.7 Å². The van der Waals surface area contributed by atoms with Crippen LogP contribution in [0.25, 0.3) is 0 Å². The van der Waals surface area contributed by atoms with Gasteiger partial charge < -0.3 is 15.4 Å². The monoisotopic (exact) mass is 320 g/mol. The molecule has 6 nitrogen and oxygen atoms in total. The molecular formula is C17H24N2O4. The molecule has 1 rings (SSSR count). The highest BCUT2D eigenvalue weighted by molar-refractivity contribution is 5.94. The maximum Gasteiger partial charge on any atom is 0.308 e. The van der Waals surface area contributed by atoms with E-state index in [2.05, 4.69) is 10.6 Å². The Balaban J connectivity index is 2.31. The van der Waals surface area contributed by atoms with E-state index in [1.54, 1.807) is 31.2 Å². The van der Waals surface area contributed by atoms with Crippen LogP contribution in [-0.4, -0.2) is 36.5 Å². The zero-order chi connectivity index (χ0) is 17.2. The molecule has 1 aromatic rings. The van der Waals surface area contributed by atoms with Crippen LogP contribution in [-0.2, 0) is 14.3 Å². The number of nitrogens with one attached hydrogen (secondary N) is 2. The van der Waals surface area contributed by atoms with Crippen LogP contribution in [0.2, 0.25) is 0 Å². The second-order valence-electron chi connectivity index (χ2n) is 5.48. The van der Waals surface area contributed by atoms with Gasteiger partial charge in [-0.2, -0.15) is 0 Å².